The Morgan fingerprint density at radius 3 is 2.84 bits per heavy atom. The molecule has 0 bridgehead atoms. The average Bonchev–Trinajstić information content (AvgIpc) is 2.80. The number of nitrogens with two attached hydrogens (primary N) is 1. The van der Waals surface area contributed by atoms with Crippen LogP contribution in [0.2, 0.25) is 0 Å². The number of nitrogens with zero attached hydrogens (tertiary/aromatic N) is 2. The van der Waals surface area contributed by atoms with Crippen molar-refractivity contribution < 1.29 is 4.79 Å². The van der Waals surface area contributed by atoms with E-state index in [0.29, 0.717) is 0 Å². The molecule has 4 N–H and O–H groups in total. The van der Waals surface area contributed by atoms with Crippen LogP contribution in [-0.4, -0.2) is 38.4 Å². The first-order valence-electron chi connectivity index (χ1n) is 6.50. The first-order chi connectivity index (χ1) is 8.94. The Balaban J connectivity index is 2.26. The van der Waals surface area contributed by atoms with Gasteiger partial charge in [-0.15, -0.1) is 0 Å². The lowest BCUT2D eigenvalue weighted by Crippen LogP contribution is -2.55. The van der Waals surface area contributed by atoms with Gasteiger partial charge in [0.15, 0.2) is 5.16 Å². The van der Waals surface area contributed by atoms with E-state index in [0.717, 1.165) is 30.2 Å². The fourth-order valence-electron chi connectivity index (χ4n) is 1.92. The van der Waals surface area contributed by atoms with Gasteiger partial charge >= 0.3 is 0 Å². The number of carbonyl (C=O) groups excluding carboxylic acids is 1. The highest BCUT2D eigenvalue weighted by atomic mass is 32.2. The lowest BCUT2D eigenvalue weighted by Gasteiger charge is -2.29. The van der Waals surface area contributed by atoms with Crippen molar-refractivity contribution in [1.29, 1.82) is 0 Å². The zero-order valence-corrected chi connectivity index (χ0v) is 12.6. The maximum absolute atomic E-state index is 11.5. The summed E-state index contributed by atoms with van der Waals surface area (Å²) >= 11 is 1.63. The standard InChI is InChI=1S/C12H23N5OS/c1-9(2)16-12(3,10(13)18)6-4-5-7-19-11-14-8-15-17-11/h8-9,16H,4-7H2,1-3H3,(H2,13,18)(H,14,15,17). The highest BCUT2D eigenvalue weighted by Crippen LogP contribution is 2.18. The molecule has 0 aliphatic rings. The van der Waals surface area contributed by atoms with Crippen LogP contribution in [0.5, 0.6) is 0 Å². The minimum atomic E-state index is -0.620. The van der Waals surface area contributed by atoms with E-state index >= 15 is 0 Å². The van der Waals surface area contributed by atoms with Crippen LogP contribution in [0.4, 0.5) is 0 Å². The summed E-state index contributed by atoms with van der Waals surface area (Å²) in [5.74, 6) is 0.662. The normalized spacial score (nSPS) is 14.5. The molecule has 0 aromatic carbocycles. The molecule has 1 unspecified atom stereocenters. The number of carbonyl (C=O) groups is 1. The molecule has 1 heterocycles. The van der Waals surface area contributed by atoms with Gasteiger partial charge in [-0.25, -0.2) is 4.98 Å². The molecule has 1 rings (SSSR count). The van der Waals surface area contributed by atoms with Crippen molar-refractivity contribution in [2.24, 2.45) is 5.73 Å². The van der Waals surface area contributed by atoms with Gasteiger partial charge < -0.3 is 11.1 Å². The van der Waals surface area contributed by atoms with Crippen molar-refractivity contribution in [2.75, 3.05) is 5.75 Å². The number of unbranched alkanes of at least 4 members (excludes halogenated alkanes) is 1. The summed E-state index contributed by atoms with van der Waals surface area (Å²) in [6.07, 6.45) is 4.20. The Bertz CT molecular complexity index is 381. The van der Waals surface area contributed by atoms with E-state index in [1.807, 2.05) is 20.8 Å². The van der Waals surface area contributed by atoms with E-state index in [1.165, 1.54) is 6.33 Å². The maximum atomic E-state index is 11.5. The lowest BCUT2D eigenvalue weighted by molar-refractivity contribution is -0.124. The number of aromatic amines is 1. The average molecular weight is 285 g/mol. The van der Waals surface area contributed by atoms with Crippen molar-refractivity contribution in [1.82, 2.24) is 20.5 Å². The zero-order chi connectivity index (χ0) is 14.3. The zero-order valence-electron chi connectivity index (χ0n) is 11.8. The summed E-state index contributed by atoms with van der Waals surface area (Å²) in [6.45, 7) is 5.90. The summed E-state index contributed by atoms with van der Waals surface area (Å²) in [5, 5.41) is 10.7. The van der Waals surface area contributed by atoms with Gasteiger partial charge in [0.25, 0.3) is 0 Å². The highest BCUT2D eigenvalue weighted by molar-refractivity contribution is 7.99. The Morgan fingerprint density at radius 2 is 2.32 bits per heavy atom. The molecule has 0 aliphatic heterocycles. The van der Waals surface area contributed by atoms with Crippen LogP contribution in [0.15, 0.2) is 11.5 Å². The van der Waals surface area contributed by atoms with Crippen LogP contribution in [0, 0.1) is 0 Å². The molecule has 0 fully saturated rings. The van der Waals surface area contributed by atoms with E-state index in [1.54, 1.807) is 11.8 Å². The van der Waals surface area contributed by atoms with Gasteiger partial charge in [-0.3, -0.25) is 9.89 Å². The number of amides is 1. The lowest BCUT2D eigenvalue weighted by atomic mass is 9.93. The number of H-pyrrole nitrogens is 1. The van der Waals surface area contributed by atoms with Crippen molar-refractivity contribution in [3.05, 3.63) is 6.33 Å². The van der Waals surface area contributed by atoms with Crippen molar-refractivity contribution >= 4 is 17.7 Å². The molecular formula is C12H23N5OS. The molecule has 0 radical (unpaired) electrons. The molecular weight excluding hydrogens is 262 g/mol. The van der Waals surface area contributed by atoms with Gasteiger partial charge in [0.05, 0.1) is 5.54 Å². The maximum Gasteiger partial charge on any atom is 0.237 e. The first-order valence-corrected chi connectivity index (χ1v) is 7.48. The molecule has 0 saturated carbocycles. The van der Waals surface area contributed by atoms with Crippen LogP contribution in [0.3, 0.4) is 0 Å². The van der Waals surface area contributed by atoms with Gasteiger partial charge in [-0.2, -0.15) is 5.10 Å². The summed E-state index contributed by atoms with van der Waals surface area (Å²) in [5.41, 5.74) is 4.86. The van der Waals surface area contributed by atoms with Gasteiger partial charge in [-0.1, -0.05) is 18.2 Å². The number of primary amides is 1. The minimum absolute atomic E-state index is 0.237. The Kier molecular flexibility index (Phi) is 6.30. The van der Waals surface area contributed by atoms with Gasteiger partial charge in [-0.05, 0) is 33.6 Å². The molecule has 19 heavy (non-hydrogen) atoms. The van der Waals surface area contributed by atoms with Crippen LogP contribution < -0.4 is 11.1 Å². The van der Waals surface area contributed by atoms with Gasteiger partial charge in [0.1, 0.15) is 6.33 Å². The Morgan fingerprint density at radius 1 is 1.58 bits per heavy atom. The second-order valence-corrected chi connectivity index (χ2v) is 6.18. The predicted octanol–water partition coefficient (Wildman–Crippen LogP) is 1.31. The summed E-state index contributed by atoms with van der Waals surface area (Å²) in [4.78, 5) is 15.6. The molecule has 1 aromatic rings. The molecule has 6 nitrogen and oxygen atoms in total. The quantitative estimate of drug-likeness (QED) is 0.469. The smallest absolute Gasteiger partial charge is 0.237 e. The molecule has 1 aromatic heterocycles. The number of thioether (sulfide) groups is 1. The van der Waals surface area contributed by atoms with Crippen molar-refractivity contribution in [3.8, 4) is 0 Å². The molecule has 7 heteroatoms. The van der Waals surface area contributed by atoms with Gasteiger partial charge in [0.2, 0.25) is 5.91 Å². The number of aromatic nitrogens is 3. The molecule has 0 saturated heterocycles. The third-order valence-electron chi connectivity index (χ3n) is 2.85. The molecule has 1 amide bonds. The highest BCUT2D eigenvalue weighted by Gasteiger charge is 2.30. The number of rotatable bonds is 9. The third-order valence-corrected chi connectivity index (χ3v) is 3.82. The van der Waals surface area contributed by atoms with Crippen molar-refractivity contribution in [2.45, 2.75) is 56.8 Å². The monoisotopic (exact) mass is 285 g/mol. The number of hydrogen-bond acceptors (Lipinski definition) is 5. The largest absolute Gasteiger partial charge is 0.368 e. The fraction of sp³-hybridized carbons (Fsp3) is 0.750. The van der Waals surface area contributed by atoms with E-state index < -0.39 is 5.54 Å². The van der Waals surface area contributed by atoms with E-state index in [2.05, 4.69) is 20.5 Å². The van der Waals surface area contributed by atoms with Crippen molar-refractivity contribution in [3.63, 3.8) is 0 Å². The molecule has 108 valence electrons. The second kappa shape index (κ2) is 7.49. The second-order valence-electron chi connectivity index (χ2n) is 5.09. The minimum Gasteiger partial charge on any atom is -0.368 e. The Labute approximate surface area is 118 Å². The van der Waals surface area contributed by atoms with Gasteiger partial charge in [0, 0.05) is 11.8 Å². The molecule has 0 aliphatic carbocycles. The van der Waals surface area contributed by atoms with E-state index in [9.17, 15) is 4.79 Å². The van der Waals surface area contributed by atoms with Crippen LogP contribution in [0.1, 0.15) is 40.0 Å². The summed E-state index contributed by atoms with van der Waals surface area (Å²) in [7, 11) is 0. The molecule has 0 spiro atoms. The number of hydrogen-bond donors (Lipinski definition) is 3. The first kappa shape index (κ1) is 16.0. The fourth-order valence-corrected chi connectivity index (χ4v) is 2.70. The predicted molar refractivity (Wildman–Crippen MR) is 76.8 cm³/mol. The van der Waals surface area contributed by atoms with E-state index in [4.69, 9.17) is 5.73 Å². The van der Waals surface area contributed by atoms with Crippen LogP contribution in [0.25, 0.3) is 0 Å². The molecule has 1 atom stereocenters. The summed E-state index contributed by atoms with van der Waals surface area (Å²) < 4.78 is 0. The summed E-state index contributed by atoms with van der Waals surface area (Å²) in [6, 6.07) is 0.237. The number of nitrogens with one attached hydrogen (secondary N) is 2. The van der Waals surface area contributed by atoms with E-state index in [-0.39, 0.29) is 11.9 Å². The van der Waals surface area contributed by atoms with Crippen LogP contribution in [-0.2, 0) is 4.79 Å². The SMILES string of the molecule is CC(C)NC(C)(CCCCSc1ncn[nH]1)C(N)=O. The third kappa shape index (κ3) is 5.61. The Hall–Kier alpha value is -1.08. The van der Waals surface area contributed by atoms with Crippen LogP contribution >= 0.6 is 11.8 Å². The topological polar surface area (TPSA) is 96.7 Å².